The number of fused-ring (bicyclic) bond motifs is 8. The first-order chi connectivity index (χ1) is 56.1. The summed E-state index contributed by atoms with van der Waals surface area (Å²) in [5, 5.41) is 41.8. The molecule has 36 heteroatoms. The molecule has 0 radical (unpaired) electrons. The zero-order valence-electron chi connectivity index (χ0n) is 65.7. The molecule has 20 heterocycles. The Morgan fingerprint density at radius 1 is 0.379 bits per heavy atom. The molecule has 0 amide bonds. The lowest BCUT2D eigenvalue weighted by atomic mass is 10.1. The number of piperazine rings is 3. The summed E-state index contributed by atoms with van der Waals surface area (Å²) >= 11 is 0. The van der Waals surface area contributed by atoms with Crippen LogP contribution in [0.4, 0.5) is 22.7 Å². The third-order valence-corrected chi connectivity index (χ3v) is 21.8. The number of pyridine rings is 4. The van der Waals surface area contributed by atoms with Gasteiger partial charge in [0.15, 0.2) is 22.6 Å². The maximum Gasteiger partial charge on any atom is 0.258 e. The SMILES string of the molecule is CCN1CCN(c2ccc3nc(-c4ccc5nc(C)nn5n4)cc(=O)n3c2)CC1.Cc1nc2ccc(-c3cc(=O)n4cc(N5CCNC6(CC6)C5)ccc4n3)nn2n1.Cc1nc2ccc(-c3cc(=O)n4cc(N5CC[C@@H](N(C)C)C5)ccc4n3)nn2n1.Cc1nc2ccc(-c3cc(=O)n4cc(N5C[C@@H](C)N[C@H](C)C5)ccc4n3)nn2n1. The first kappa shape index (κ1) is 74.1. The lowest BCUT2D eigenvalue weighted by Crippen LogP contribution is -2.54. The minimum atomic E-state index is -0.139. The quantitative estimate of drug-likeness (QED) is 0.185. The van der Waals surface area contributed by atoms with E-state index in [0.717, 1.165) is 108 Å². The average molecular weight is 1560 g/mol. The molecule has 36 nitrogen and oxygen atoms in total. The van der Waals surface area contributed by atoms with Crippen molar-refractivity contribution in [1.82, 2.24) is 137 Å². The second kappa shape index (κ2) is 30.2. The van der Waals surface area contributed by atoms with Gasteiger partial charge < -0.3 is 40.0 Å². The van der Waals surface area contributed by atoms with Crippen molar-refractivity contribution in [1.29, 1.82) is 0 Å². The van der Waals surface area contributed by atoms with Crippen LogP contribution < -0.4 is 52.5 Å². The summed E-state index contributed by atoms with van der Waals surface area (Å²) in [5.74, 6) is 2.58. The number of aryl methyl sites for hydroxylation is 4. The number of nitrogens with one attached hydrogen (secondary N) is 2. The largest absolute Gasteiger partial charge is 0.369 e. The molecule has 590 valence electrons. The normalized spacial score (nSPS) is 17.6. The minimum Gasteiger partial charge on any atom is -0.369 e. The average Bonchev–Trinajstić information content (AvgIpc) is 1.40. The van der Waals surface area contributed by atoms with Gasteiger partial charge in [0.25, 0.3) is 22.2 Å². The topological polar surface area (TPSA) is 353 Å². The van der Waals surface area contributed by atoms with Crippen LogP contribution in [0.3, 0.4) is 0 Å². The molecular weight excluding hydrogens is 1470 g/mol. The molecule has 5 aliphatic rings. The third kappa shape index (κ3) is 15.2. The van der Waals surface area contributed by atoms with Crippen LogP contribution in [0, 0.1) is 27.7 Å². The van der Waals surface area contributed by atoms with Crippen LogP contribution in [0.1, 0.15) is 63.3 Å². The molecule has 0 aromatic carbocycles. The predicted octanol–water partition coefficient (Wildman–Crippen LogP) is 4.84. The van der Waals surface area contributed by atoms with Crippen molar-refractivity contribution in [3.8, 4) is 45.6 Å². The molecule has 0 unspecified atom stereocenters. The van der Waals surface area contributed by atoms with E-state index in [1.807, 2.05) is 143 Å². The second-order valence-corrected chi connectivity index (χ2v) is 30.6. The van der Waals surface area contributed by atoms with Crippen LogP contribution in [0.2, 0.25) is 0 Å². The Hall–Kier alpha value is -13.3. The summed E-state index contributed by atoms with van der Waals surface area (Å²) in [6.07, 6.45) is 11.1. The number of rotatable bonds is 10. The smallest absolute Gasteiger partial charge is 0.258 e. The molecule has 5 fully saturated rings. The van der Waals surface area contributed by atoms with E-state index >= 15 is 0 Å². The van der Waals surface area contributed by atoms with Crippen molar-refractivity contribution in [3.05, 3.63) is 211 Å². The van der Waals surface area contributed by atoms with Gasteiger partial charge in [0, 0.05) is 145 Å². The van der Waals surface area contributed by atoms with E-state index in [4.69, 9.17) is 0 Å². The molecule has 4 saturated heterocycles. The molecule has 1 aliphatic carbocycles. The number of likely N-dealkylation sites (N-methyl/N-ethyl adjacent to an activating group) is 2. The second-order valence-electron chi connectivity index (χ2n) is 30.6. The Balaban J connectivity index is 0.000000107. The molecule has 4 aliphatic heterocycles. The van der Waals surface area contributed by atoms with Crippen molar-refractivity contribution in [3.63, 3.8) is 0 Å². The van der Waals surface area contributed by atoms with E-state index in [0.29, 0.717) is 132 Å². The van der Waals surface area contributed by atoms with Gasteiger partial charge in [-0.25, -0.2) is 39.9 Å². The molecule has 0 bridgehead atoms. The maximum atomic E-state index is 12.8. The summed E-state index contributed by atoms with van der Waals surface area (Å²) in [6.45, 7) is 25.5. The predicted molar refractivity (Wildman–Crippen MR) is 439 cm³/mol. The highest BCUT2D eigenvalue weighted by molar-refractivity contribution is 5.66. The van der Waals surface area contributed by atoms with Crippen LogP contribution in [-0.2, 0) is 0 Å². The number of anilines is 4. The fraction of sp³-hybridized carbons (Fsp3) is 0.350. The molecule has 16 aromatic heterocycles. The molecule has 1 saturated carbocycles. The van der Waals surface area contributed by atoms with Gasteiger partial charge in [0.05, 0.1) is 45.5 Å². The minimum absolute atomic E-state index is 0.125. The number of hydrogen-bond donors (Lipinski definition) is 2. The van der Waals surface area contributed by atoms with Gasteiger partial charge in [-0.15, -0.1) is 59.3 Å². The van der Waals surface area contributed by atoms with Crippen molar-refractivity contribution in [2.75, 3.05) is 112 Å². The molecule has 3 atom stereocenters. The Kier molecular flexibility index (Phi) is 19.3. The first-order valence-electron chi connectivity index (χ1n) is 39.0. The van der Waals surface area contributed by atoms with Crippen LogP contribution in [0.15, 0.2) is 165 Å². The Bertz CT molecular complexity index is 6540. The summed E-state index contributed by atoms with van der Waals surface area (Å²) in [5.41, 5.74) is 13.4. The Morgan fingerprint density at radius 2 is 0.724 bits per heavy atom. The number of nitrogens with zero attached hydrogens (tertiary/aromatic N) is 30. The number of aromatic nitrogens is 24. The monoisotopic (exact) mass is 1560 g/mol. The highest BCUT2D eigenvalue weighted by atomic mass is 16.1. The van der Waals surface area contributed by atoms with Crippen molar-refractivity contribution in [2.24, 2.45) is 0 Å². The van der Waals surface area contributed by atoms with Gasteiger partial charge in [0.2, 0.25) is 0 Å². The van der Waals surface area contributed by atoms with E-state index in [2.05, 4.69) is 156 Å². The van der Waals surface area contributed by atoms with Crippen LogP contribution in [-0.4, -0.2) is 243 Å². The van der Waals surface area contributed by atoms with Crippen LogP contribution in [0.25, 0.3) is 90.7 Å². The molecule has 1 spiro atoms. The molecule has 16 aromatic rings. The van der Waals surface area contributed by atoms with E-state index in [-0.39, 0.29) is 27.8 Å². The summed E-state index contributed by atoms with van der Waals surface area (Å²) in [4.78, 5) is 101. The molecule has 116 heavy (non-hydrogen) atoms. The van der Waals surface area contributed by atoms with E-state index in [9.17, 15) is 19.2 Å². The van der Waals surface area contributed by atoms with E-state index < -0.39 is 0 Å². The third-order valence-electron chi connectivity index (χ3n) is 21.8. The Morgan fingerprint density at radius 3 is 1.07 bits per heavy atom. The lowest BCUT2D eigenvalue weighted by Gasteiger charge is -2.37. The Labute approximate surface area is 662 Å². The van der Waals surface area contributed by atoms with Crippen molar-refractivity contribution in [2.45, 2.75) is 91.4 Å². The van der Waals surface area contributed by atoms with Gasteiger partial charge in [-0.3, -0.25) is 36.8 Å². The van der Waals surface area contributed by atoms with Crippen molar-refractivity contribution >= 4 is 67.9 Å². The summed E-state index contributed by atoms with van der Waals surface area (Å²) < 4.78 is 12.3. The van der Waals surface area contributed by atoms with Gasteiger partial charge >= 0.3 is 0 Å². The maximum absolute atomic E-state index is 12.8. The summed E-state index contributed by atoms with van der Waals surface area (Å²) in [7, 11) is 4.22. The highest BCUT2D eigenvalue weighted by Gasteiger charge is 2.45. The van der Waals surface area contributed by atoms with Gasteiger partial charge in [-0.2, -0.15) is 0 Å². The fourth-order valence-electron chi connectivity index (χ4n) is 15.7. The van der Waals surface area contributed by atoms with Crippen LogP contribution in [0.5, 0.6) is 0 Å². The van der Waals surface area contributed by atoms with Gasteiger partial charge in [-0.1, -0.05) is 6.92 Å². The zero-order valence-corrected chi connectivity index (χ0v) is 65.7. The molecule has 21 rings (SSSR count). The first-order valence-corrected chi connectivity index (χ1v) is 39.0. The standard InChI is InChI=1S/C20H20N8O.3C20H22N8O/c1-13-22-18-5-3-15(25-28(18)24-13)16-10-19(29)27-11-14(2-4-17(27)23-16)26-9-8-21-20(12-26)6-7-20;1-12-9-26(10-13(2)21-12)15-4-6-18-23-17(8-20(29)27(18)11-15)16-5-7-19-22-14(3)24-28(19)25-16;1-13-21-19-7-5-16(24-28(19)23-13)17-10-20(29)27-12-15(4-6-18(27)22-17)26-9-8-14(11-26)25(2)3;1-3-25-8-10-26(11-9-25)15-4-6-18-22-17(12-20(29)27(18)13-15)16-5-7-19-21-14(2)23-28(19)24-16/h2-5,10-11,21H,6-9,12H2,1H3;4-8,11-13,21H,9-10H2,1-3H3;4-7,10,12,14H,8-9,11H2,1-3H3;4-7,12-13H,3,8-11H2,1-2H3/t;12-,13-;14-;/m.11./s1. The van der Waals surface area contributed by atoms with E-state index in [1.165, 1.54) is 55.6 Å². The fourth-order valence-corrected chi connectivity index (χ4v) is 15.7. The molecule has 2 N–H and O–H groups in total. The van der Waals surface area contributed by atoms with E-state index in [1.54, 1.807) is 23.7 Å². The van der Waals surface area contributed by atoms with Gasteiger partial charge in [0.1, 0.15) is 68.7 Å². The zero-order chi connectivity index (χ0) is 79.8. The summed E-state index contributed by atoms with van der Waals surface area (Å²) in [6, 6.07) is 37.6. The van der Waals surface area contributed by atoms with Gasteiger partial charge in [-0.05, 0) is 179 Å². The highest BCUT2D eigenvalue weighted by Crippen LogP contribution is 2.39. The van der Waals surface area contributed by atoms with Crippen molar-refractivity contribution < 1.29 is 0 Å². The lowest BCUT2D eigenvalue weighted by molar-refractivity contribution is 0.271. The molecular formula is C80H86N32O4. The van der Waals surface area contributed by atoms with Crippen LogP contribution >= 0.6 is 0 Å². The number of hydrogen-bond acceptors (Lipinski definition) is 28.